The molecule has 0 saturated heterocycles. The Morgan fingerprint density at radius 2 is 1.82 bits per heavy atom. The van der Waals surface area contributed by atoms with E-state index in [0.29, 0.717) is 22.3 Å². The molecule has 0 saturated carbocycles. The van der Waals surface area contributed by atoms with Crippen LogP contribution in [0.2, 0.25) is 5.02 Å². The number of nitrogens with zero attached hydrogens (tertiary/aromatic N) is 2. The first-order valence-electron chi connectivity index (χ1n) is 10.7. The molecule has 34 heavy (non-hydrogen) atoms. The van der Waals surface area contributed by atoms with Gasteiger partial charge in [-0.05, 0) is 62.4 Å². The number of carbonyl (C=O) groups is 1. The van der Waals surface area contributed by atoms with Crippen LogP contribution in [0.25, 0.3) is 10.9 Å². The van der Waals surface area contributed by atoms with Crippen LogP contribution in [0, 0.1) is 11.8 Å². The molecule has 170 valence electrons. The Balaban J connectivity index is 1.59. The molecule has 0 aliphatic heterocycles. The van der Waals surface area contributed by atoms with Crippen LogP contribution in [0.15, 0.2) is 73.1 Å². The lowest BCUT2D eigenvalue weighted by molar-refractivity contribution is -0.119. The summed E-state index contributed by atoms with van der Waals surface area (Å²) in [6.07, 6.45) is 1.50. The molecule has 6 nitrogen and oxygen atoms in total. The summed E-state index contributed by atoms with van der Waals surface area (Å²) in [5.74, 6) is 8.00. The van der Waals surface area contributed by atoms with Crippen LogP contribution >= 0.6 is 11.6 Å². The summed E-state index contributed by atoms with van der Waals surface area (Å²) in [4.78, 5) is 20.1. The number of fused-ring (bicyclic) bond motifs is 1. The fourth-order valence-corrected chi connectivity index (χ4v) is 3.57. The highest BCUT2D eigenvalue weighted by Gasteiger charge is 2.14. The van der Waals surface area contributed by atoms with E-state index in [1.54, 1.807) is 6.07 Å². The maximum atomic E-state index is 11.4. The molecule has 3 aromatic carbocycles. The number of aromatic nitrogens is 2. The van der Waals surface area contributed by atoms with Crippen LogP contribution in [-0.4, -0.2) is 21.4 Å². The van der Waals surface area contributed by atoms with Gasteiger partial charge in [0, 0.05) is 23.6 Å². The van der Waals surface area contributed by atoms with E-state index in [9.17, 15) is 4.79 Å². The maximum absolute atomic E-state index is 11.4. The number of ether oxygens (including phenoxy) is 1. The highest BCUT2D eigenvalue weighted by molar-refractivity contribution is 6.32. The zero-order chi connectivity index (χ0) is 24.1. The standard InChI is InChI=1S/C27H23ClN4O2/c1-18(33)32-27(2,3)14-13-19-9-11-24-22(15-19)26(30-17-29-24)31-20-10-12-25(23(28)16-20)34-21-7-5-4-6-8-21/h4-12,15-17H,1-3H3,(H,32,33)(H,29,30,31). The minimum absolute atomic E-state index is 0.128. The van der Waals surface area contributed by atoms with E-state index in [4.69, 9.17) is 16.3 Å². The largest absolute Gasteiger partial charge is 0.456 e. The Labute approximate surface area is 203 Å². The molecule has 0 fully saturated rings. The second-order valence-corrected chi connectivity index (χ2v) is 8.60. The van der Waals surface area contributed by atoms with Crippen molar-refractivity contribution < 1.29 is 9.53 Å². The Kier molecular flexibility index (Phi) is 6.67. The van der Waals surface area contributed by atoms with Gasteiger partial charge in [-0.1, -0.05) is 41.6 Å². The van der Waals surface area contributed by atoms with E-state index >= 15 is 0 Å². The van der Waals surface area contributed by atoms with Gasteiger partial charge in [0.2, 0.25) is 5.91 Å². The lowest BCUT2D eigenvalue weighted by Gasteiger charge is -2.18. The van der Waals surface area contributed by atoms with Crippen LogP contribution in [0.5, 0.6) is 11.5 Å². The van der Waals surface area contributed by atoms with Crippen molar-refractivity contribution >= 4 is 39.9 Å². The van der Waals surface area contributed by atoms with E-state index < -0.39 is 5.54 Å². The summed E-state index contributed by atoms with van der Waals surface area (Å²) in [5.41, 5.74) is 1.68. The predicted molar refractivity (Wildman–Crippen MR) is 136 cm³/mol. The fraction of sp³-hybridized carbons (Fsp3) is 0.148. The minimum Gasteiger partial charge on any atom is -0.456 e. The van der Waals surface area contributed by atoms with Gasteiger partial charge in [-0.2, -0.15) is 0 Å². The third kappa shape index (κ3) is 5.83. The Morgan fingerprint density at radius 3 is 2.56 bits per heavy atom. The molecule has 0 atom stereocenters. The maximum Gasteiger partial charge on any atom is 0.218 e. The van der Waals surface area contributed by atoms with E-state index in [0.717, 1.165) is 22.2 Å². The summed E-state index contributed by atoms with van der Waals surface area (Å²) in [5, 5.41) is 7.42. The number of carbonyl (C=O) groups excluding carboxylic acids is 1. The molecule has 0 aliphatic rings. The molecule has 1 heterocycles. The number of rotatable bonds is 5. The van der Waals surface area contributed by atoms with Crippen molar-refractivity contribution in [3.63, 3.8) is 0 Å². The van der Waals surface area contributed by atoms with Gasteiger partial charge in [-0.3, -0.25) is 4.79 Å². The molecule has 0 spiro atoms. The van der Waals surface area contributed by atoms with E-state index in [2.05, 4.69) is 32.4 Å². The molecule has 4 rings (SSSR count). The SMILES string of the molecule is CC(=O)NC(C)(C)C#Cc1ccc2ncnc(Nc3ccc(Oc4ccccc4)c(Cl)c3)c2c1. The first-order chi connectivity index (χ1) is 16.3. The van der Waals surface area contributed by atoms with Crippen molar-refractivity contribution in [2.45, 2.75) is 26.3 Å². The van der Waals surface area contributed by atoms with Gasteiger partial charge >= 0.3 is 0 Å². The Hall–Kier alpha value is -4.08. The lowest BCUT2D eigenvalue weighted by atomic mass is 10.0. The molecule has 0 radical (unpaired) electrons. The summed E-state index contributed by atoms with van der Waals surface area (Å²) >= 11 is 6.46. The van der Waals surface area contributed by atoms with Crippen molar-refractivity contribution in [3.05, 3.63) is 83.6 Å². The second-order valence-electron chi connectivity index (χ2n) is 8.20. The molecule has 1 aromatic heterocycles. The molecular formula is C27H23ClN4O2. The number of hydrogen-bond donors (Lipinski definition) is 2. The van der Waals surface area contributed by atoms with Crippen molar-refractivity contribution in [1.82, 2.24) is 15.3 Å². The highest BCUT2D eigenvalue weighted by atomic mass is 35.5. The fourth-order valence-electron chi connectivity index (χ4n) is 3.35. The van der Waals surface area contributed by atoms with Crippen LogP contribution < -0.4 is 15.4 Å². The molecule has 1 amide bonds. The van der Waals surface area contributed by atoms with Gasteiger partial charge in [0.25, 0.3) is 0 Å². The van der Waals surface area contributed by atoms with Crippen molar-refractivity contribution in [1.29, 1.82) is 0 Å². The number of nitrogens with one attached hydrogen (secondary N) is 2. The van der Waals surface area contributed by atoms with Crippen molar-refractivity contribution in [2.24, 2.45) is 0 Å². The average molecular weight is 471 g/mol. The molecule has 4 aromatic rings. The van der Waals surface area contributed by atoms with Gasteiger partial charge in [-0.15, -0.1) is 0 Å². The molecule has 0 aliphatic carbocycles. The van der Waals surface area contributed by atoms with Gasteiger partial charge < -0.3 is 15.4 Å². The van der Waals surface area contributed by atoms with Crippen LogP contribution in [0.4, 0.5) is 11.5 Å². The normalized spacial score (nSPS) is 10.8. The van der Waals surface area contributed by atoms with E-state index in [1.807, 2.05) is 74.5 Å². The number of para-hydroxylation sites is 1. The third-order valence-corrected chi connectivity index (χ3v) is 5.10. The van der Waals surface area contributed by atoms with Crippen LogP contribution in [-0.2, 0) is 4.79 Å². The average Bonchev–Trinajstić information content (AvgIpc) is 2.80. The topological polar surface area (TPSA) is 76.1 Å². The zero-order valence-electron chi connectivity index (χ0n) is 19.0. The molecule has 0 unspecified atom stereocenters. The molecule has 2 N–H and O–H groups in total. The highest BCUT2D eigenvalue weighted by Crippen LogP contribution is 2.33. The van der Waals surface area contributed by atoms with Gasteiger partial charge in [0.15, 0.2) is 0 Å². The van der Waals surface area contributed by atoms with Crippen molar-refractivity contribution in [3.8, 4) is 23.3 Å². The summed E-state index contributed by atoms with van der Waals surface area (Å²) in [7, 11) is 0. The molecule has 0 bridgehead atoms. The van der Waals surface area contributed by atoms with Gasteiger partial charge in [-0.25, -0.2) is 9.97 Å². The van der Waals surface area contributed by atoms with Gasteiger partial charge in [0.1, 0.15) is 23.6 Å². The first kappa shape index (κ1) is 23.1. The van der Waals surface area contributed by atoms with Crippen LogP contribution in [0.1, 0.15) is 26.3 Å². The molecular weight excluding hydrogens is 448 g/mol. The Bertz CT molecular complexity index is 1410. The summed E-state index contributed by atoms with van der Waals surface area (Å²) in [6.45, 7) is 5.18. The minimum atomic E-state index is -0.643. The van der Waals surface area contributed by atoms with Gasteiger partial charge in [0.05, 0.1) is 16.1 Å². The number of halogens is 1. The van der Waals surface area contributed by atoms with E-state index in [-0.39, 0.29) is 5.91 Å². The predicted octanol–water partition coefficient (Wildman–Crippen LogP) is 6.09. The Morgan fingerprint density at radius 1 is 1.03 bits per heavy atom. The van der Waals surface area contributed by atoms with Crippen molar-refractivity contribution in [2.75, 3.05) is 5.32 Å². The number of hydrogen-bond acceptors (Lipinski definition) is 5. The lowest BCUT2D eigenvalue weighted by Crippen LogP contribution is -2.40. The summed E-state index contributed by atoms with van der Waals surface area (Å²) < 4.78 is 5.85. The van der Waals surface area contributed by atoms with E-state index in [1.165, 1.54) is 13.3 Å². The number of benzene rings is 3. The first-order valence-corrected chi connectivity index (χ1v) is 11.0. The molecule has 7 heteroatoms. The third-order valence-electron chi connectivity index (χ3n) is 4.81. The quantitative estimate of drug-likeness (QED) is 0.345. The van der Waals surface area contributed by atoms with Crippen LogP contribution in [0.3, 0.4) is 0 Å². The zero-order valence-corrected chi connectivity index (χ0v) is 19.8. The summed E-state index contributed by atoms with van der Waals surface area (Å²) in [6, 6.07) is 20.6. The monoisotopic (exact) mass is 470 g/mol. The smallest absolute Gasteiger partial charge is 0.218 e. The second kappa shape index (κ2) is 9.82. The number of amides is 1. The number of anilines is 2.